The van der Waals surface area contributed by atoms with Crippen LogP contribution in [-0.4, -0.2) is 21.8 Å². The molecule has 1 amide bonds. The zero-order chi connectivity index (χ0) is 16.3. The highest BCUT2D eigenvalue weighted by atomic mass is 79.9. The Morgan fingerprint density at radius 3 is 2.73 bits per heavy atom. The molecule has 118 valence electrons. The Hall–Kier alpha value is -1.89. The molecule has 0 radical (unpaired) electrons. The van der Waals surface area contributed by atoms with Crippen LogP contribution in [0.25, 0.3) is 11.5 Å². The Bertz CT molecular complexity index is 660. The van der Waals surface area contributed by atoms with E-state index < -0.39 is 11.7 Å². The summed E-state index contributed by atoms with van der Waals surface area (Å²) in [5.74, 6) is 0.543. The second kappa shape index (κ2) is 6.48. The van der Waals surface area contributed by atoms with Gasteiger partial charge in [0.2, 0.25) is 0 Å². The summed E-state index contributed by atoms with van der Waals surface area (Å²) >= 11 is 3.34. The SMILES string of the molecule is Cc1noc(-c2ccc(Br)cn2)c1CNC(=O)OC(C)(C)C. The highest BCUT2D eigenvalue weighted by molar-refractivity contribution is 9.10. The van der Waals surface area contributed by atoms with Gasteiger partial charge in [-0.05, 0) is 55.8 Å². The number of pyridine rings is 1. The predicted molar refractivity (Wildman–Crippen MR) is 85.2 cm³/mol. The van der Waals surface area contributed by atoms with Gasteiger partial charge in [0.15, 0.2) is 5.76 Å². The quantitative estimate of drug-likeness (QED) is 0.891. The number of hydrogen-bond acceptors (Lipinski definition) is 5. The second-order valence-corrected chi connectivity index (χ2v) is 6.71. The van der Waals surface area contributed by atoms with Crippen LogP contribution in [0.15, 0.2) is 27.3 Å². The van der Waals surface area contributed by atoms with Crippen LogP contribution in [-0.2, 0) is 11.3 Å². The molecule has 0 fully saturated rings. The maximum Gasteiger partial charge on any atom is 0.407 e. The van der Waals surface area contributed by atoms with Crippen LogP contribution in [0, 0.1) is 6.92 Å². The standard InChI is InChI=1S/C15H18BrN3O3/c1-9-11(8-18-14(20)21-15(2,3)4)13(22-19-9)12-6-5-10(16)7-17-12/h5-7H,8H2,1-4H3,(H,18,20). The molecule has 0 atom stereocenters. The maximum absolute atomic E-state index is 11.8. The summed E-state index contributed by atoms with van der Waals surface area (Å²) in [6.07, 6.45) is 1.20. The number of nitrogens with zero attached hydrogens (tertiary/aromatic N) is 2. The first kappa shape index (κ1) is 16.5. The van der Waals surface area contributed by atoms with Crippen molar-refractivity contribution in [3.8, 4) is 11.5 Å². The van der Waals surface area contributed by atoms with Gasteiger partial charge in [0.1, 0.15) is 11.3 Å². The van der Waals surface area contributed by atoms with E-state index in [1.165, 1.54) is 0 Å². The van der Waals surface area contributed by atoms with Gasteiger partial charge in [-0.25, -0.2) is 4.79 Å². The van der Waals surface area contributed by atoms with E-state index in [4.69, 9.17) is 9.26 Å². The van der Waals surface area contributed by atoms with Crippen molar-refractivity contribution < 1.29 is 14.1 Å². The Morgan fingerprint density at radius 2 is 2.14 bits per heavy atom. The number of halogens is 1. The lowest BCUT2D eigenvalue weighted by molar-refractivity contribution is 0.0523. The molecular formula is C15H18BrN3O3. The number of carbonyl (C=O) groups excluding carboxylic acids is 1. The fourth-order valence-electron chi connectivity index (χ4n) is 1.78. The van der Waals surface area contributed by atoms with Crippen molar-refractivity contribution >= 4 is 22.0 Å². The first-order valence-electron chi connectivity index (χ1n) is 6.80. The zero-order valence-corrected chi connectivity index (χ0v) is 14.5. The minimum Gasteiger partial charge on any atom is -0.444 e. The number of amides is 1. The summed E-state index contributed by atoms with van der Waals surface area (Å²) in [5, 5.41) is 6.65. The highest BCUT2D eigenvalue weighted by Crippen LogP contribution is 2.25. The van der Waals surface area contributed by atoms with Gasteiger partial charge < -0.3 is 14.6 Å². The molecule has 2 rings (SSSR count). The number of aromatic nitrogens is 2. The number of alkyl carbamates (subject to hydrolysis) is 1. The molecule has 22 heavy (non-hydrogen) atoms. The average molecular weight is 368 g/mol. The average Bonchev–Trinajstić information content (AvgIpc) is 2.77. The molecule has 0 saturated carbocycles. The van der Waals surface area contributed by atoms with Crippen LogP contribution in [0.2, 0.25) is 0 Å². The largest absolute Gasteiger partial charge is 0.444 e. The van der Waals surface area contributed by atoms with Crippen LogP contribution >= 0.6 is 15.9 Å². The third-order valence-electron chi connectivity index (χ3n) is 2.75. The van der Waals surface area contributed by atoms with E-state index in [2.05, 4.69) is 31.4 Å². The van der Waals surface area contributed by atoms with Crippen LogP contribution in [0.5, 0.6) is 0 Å². The van der Waals surface area contributed by atoms with Crippen LogP contribution in [0.4, 0.5) is 4.79 Å². The van der Waals surface area contributed by atoms with E-state index in [0.29, 0.717) is 17.1 Å². The topological polar surface area (TPSA) is 77.3 Å². The summed E-state index contributed by atoms with van der Waals surface area (Å²) < 4.78 is 11.4. The molecule has 0 saturated heterocycles. The van der Waals surface area contributed by atoms with Crippen LogP contribution < -0.4 is 5.32 Å². The number of aryl methyl sites for hydroxylation is 1. The first-order valence-corrected chi connectivity index (χ1v) is 7.59. The molecule has 0 aliphatic heterocycles. The zero-order valence-electron chi connectivity index (χ0n) is 12.9. The van der Waals surface area contributed by atoms with E-state index in [-0.39, 0.29) is 6.54 Å². The van der Waals surface area contributed by atoms with E-state index in [0.717, 1.165) is 10.0 Å². The number of nitrogens with one attached hydrogen (secondary N) is 1. The summed E-state index contributed by atoms with van der Waals surface area (Å²) in [6, 6.07) is 3.69. The molecule has 2 aromatic heterocycles. The number of rotatable bonds is 3. The van der Waals surface area contributed by atoms with Gasteiger partial charge in [-0.2, -0.15) is 0 Å². The maximum atomic E-state index is 11.8. The summed E-state index contributed by atoms with van der Waals surface area (Å²) in [5.41, 5.74) is 1.60. The van der Waals surface area contributed by atoms with Crippen LogP contribution in [0.1, 0.15) is 32.0 Å². The molecule has 0 aliphatic rings. The Labute approximate surface area is 137 Å². The monoisotopic (exact) mass is 367 g/mol. The molecule has 0 aliphatic carbocycles. The van der Waals surface area contributed by atoms with Crippen molar-refractivity contribution in [2.24, 2.45) is 0 Å². The fraction of sp³-hybridized carbons (Fsp3) is 0.400. The van der Waals surface area contributed by atoms with E-state index in [9.17, 15) is 4.79 Å². The molecule has 0 bridgehead atoms. The molecule has 1 N–H and O–H groups in total. The van der Waals surface area contributed by atoms with Gasteiger partial charge >= 0.3 is 6.09 Å². The highest BCUT2D eigenvalue weighted by Gasteiger charge is 2.19. The van der Waals surface area contributed by atoms with Crippen molar-refractivity contribution in [3.63, 3.8) is 0 Å². The van der Waals surface area contributed by atoms with Gasteiger partial charge in [0.05, 0.1) is 12.2 Å². The minimum absolute atomic E-state index is 0.261. The molecule has 6 nitrogen and oxygen atoms in total. The first-order chi connectivity index (χ1) is 10.3. The van der Waals surface area contributed by atoms with Crippen molar-refractivity contribution in [1.82, 2.24) is 15.5 Å². The third-order valence-corrected chi connectivity index (χ3v) is 3.22. The van der Waals surface area contributed by atoms with E-state index in [1.54, 1.807) is 6.20 Å². The molecule has 0 spiro atoms. The Morgan fingerprint density at radius 1 is 1.41 bits per heavy atom. The number of ether oxygens (including phenoxy) is 1. The third kappa shape index (κ3) is 4.30. The fourth-order valence-corrected chi connectivity index (χ4v) is 2.02. The van der Waals surface area contributed by atoms with Crippen LogP contribution in [0.3, 0.4) is 0 Å². The van der Waals surface area contributed by atoms with Gasteiger partial charge in [-0.3, -0.25) is 4.98 Å². The molecule has 0 aromatic carbocycles. The lowest BCUT2D eigenvalue weighted by atomic mass is 10.1. The van der Waals surface area contributed by atoms with E-state index in [1.807, 2.05) is 39.8 Å². The van der Waals surface area contributed by atoms with E-state index >= 15 is 0 Å². The smallest absolute Gasteiger partial charge is 0.407 e. The summed E-state index contributed by atoms with van der Waals surface area (Å²) in [6.45, 7) is 7.52. The van der Waals surface area contributed by atoms with Gasteiger partial charge in [0, 0.05) is 16.2 Å². The molecule has 2 heterocycles. The molecule has 7 heteroatoms. The van der Waals surface area contributed by atoms with Crippen molar-refractivity contribution in [2.75, 3.05) is 0 Å². The van der Waals surface area contributed by atoms with Gasteiger partial charge in [-0.15, -0.1) is 0 Å². The van der Waals surface area contributed by atoms with Gasteiger partial charge in [0.25, 0.3) is 0 Å². The normalized spacial score (nSPS) is 11.3. The minimum atomic E-state index is -0.538. The number of carbonyl (C=O) groups is 1. The van der Waals surface area contributed by atoms with Crippen molar-refractivity contribution in [2.45, 2.75) is 39.8 Å². The lowest BCUT2D eigenvalue weighted by Crippen LogP contribution is -2.32. The van der Waals surface area contributed by atoms with Crippen molar-refractivity contribution in [1.29, 1.82) is 0 Å². The molecule has 2 aromatic rings. The summed E-state index contributed by atoms with van der Waals surface area (Å²) in [7, 11) is 0. The molecule has 0 unspecified atom stereocenters. The predicted octanol–water partition coefficient (Wildman–Crippen LogP) is 3.83. The van der Waals surface area contributed by atoms with Gasteiger partial charge in [-0.1, -0.05) is 5.16 Å². The Kier molecular flexibility index (Phi) is 4.85. The number of hydrogen-bond donors (Lipinski definition) is 1. The molecular weight excluding hydrogens is 350 g/mol. The second-order valence-electron chi connectivity index (χ2n) is 5.79. The summed E-state index contributed by atoms with van der Waals surface area (Å²) in [4.78, 5) is 16.0. The van der Waals surface area contributed by atoms with Crippen molar-refractivity contribution in [3.05, 3.63) is 34.1 Å². The lowest BCUT2D eigenvalue weighted by Gasteiger charge is -2.19. The Balaban J connectivity index is 2.13.